The lowest BCUT2D eigenvalue weighted by Gasteiger charge is -2.34. The van der Waals surface area contributed by atoms with E-state index in [0.29, 0.717) is 34.4 Å². The van der Waals surface area contributed by atoms with Crippen LogP contribution < -0.4 is 14.4 Å². The van der Waals surface area contributed by atoms with Gasteiger partial charge in [0.25, 0.3) is 0 Å². The molecule has 0 spiro atoms. The number of hydrogen-bond donors (Lipinski definition) is 1. The highest BCUT2D eigenvalue weighted by atomic mass is 35.5. The standard InChI is InChI=1S/C31H37Cl2N3O5S/c1-6-28(30(38)34-31(2,3)4)35(19-23-12-13-24(32)18-27(23)33)29(37)20-36(42(5,39)40)25-14-16-26(17-15-25)41-21-22-10-8-7-9-11-22/h7-18,28H,6,19-21H2,1-5H3,(H,34,38)/t28-/m0/s1. The summed E-state index contributed by atoms with van der Waals surface area (Å²) >= 11 is 12.5. The molecule has 0 saturated carbocycles. The maximum atomic E-state index is 13.9. The van der Waals surface area contributed by atoms with Crippen molar-refractivity contribution in [1.82, 2.24) is 10.2 Å². The number of nitrogens with zero attached hydrogens (tertiary/aromatic N) is 2. The first-order valence-electron chi connectivity index (χ1n) is 13.5. The highest BCUT2D eigenvalue weighted by Gasteiger charge is 2.33. The van der Waals surface area contributed by atoms with Gasteiger partial charge in [-0.15, -0.1) is 0 Å². The Kier molecular flexibility index (Phi) is 11.3. The number of benzene rings is 3. The lowest BCUT2D eigenvalue weighted by molar-refractivity contribution is -0.141. The Bertz CT molecular complexity index is 1480. The molecule has 2 amide bonds. The number of hydrogen-bond acceptors (Lipinski definition) is 5. The van der Waals surface area contributed by atoms with Gasteiger partial charge in [0.05, 0.1) is 11.9 Å². The molecule has 3 rings (SSSR count). The molecule has 3 aromatic rings. The smallest absolute Gasteiger partial charge is 0.244 e. The summed E-state index contributed by atoms with van der Waals surface area (Å²) in [5.74, 6) is -0.368. The Morgan fingerprint density at radius 3 is 2.17 bits per heavy atom. The molecular formula is C31H37Cl2N3O5S. The van der Waals surface area contributed by atoms with E-state index >= 15 is 0 Å². The molecule has 8 nitrogen and oxygen atoms in total. The number of nitrogens with one attached hydrogen (secondary N) is 1. The van der Waals surface area contributed by atoms with Gasteiger partial charge >= 0.3 is 0 Å². The predicted molar refractivity (Wildman–Crippen MR) is 168 cm³/mol. The van der Waals surface area contributed by atoms with Gasteiger partial charge < -0.3 is 15.0 Å². The van der Waals surface area contributed by atoms with Crippen LogP contribution in [-0.4, -0.2) is 49.5 Å². The molecule has 0 aliphatic rings. The zero-order valence-corrected chi connectivity index (χ0v) is 26.8. The van der Waals surface area contributed by atoms with Crippen molar-refractivity contribution in [3.05, 3.63) is 94.0 Å². The minimum atomic E-state index is -3.88. The molecule has 0 bridgehead atoms. The molecular weight excluding hydrogens is 597 g/mol. The van der Waals surface area contributed by atoms with E-state index < -0.39 is 34.1 Å². The summed E-state index contributed by atoms with van der Waals surface area (Å²) in [5.41, 5.74) is 1.31. The summed E-state index contributed by atoms with van der Waals surface area (Å²) < 4.78 is 32.6. The molecule has 0 unspecified atom stereocenters. The van der Waals surface area contributed by atoms with E-state index in [1.807, 2.05) is 51.1 Å². The zero-order valence-electron chi connectivity index (χ0n) is 24.4. The number of anilines is 1. The van der Waals surface area contributed by atoms with Crippen molar-refractivity contribution in [3.8, 4) is 5.75 Å². The normalized spacial score (nSPS) is 12.4. The molecule has 1 N–H and O–H groups in total. The third-order valence-electron chi connectivity index (χ3n) is 6.29. The van der Waals surface area contributed by atoms with Crippen LogP contribution in [0, 0.1) is 0 Å². The van der Waals surface area contributed by atoms with Crippen molar-refractivity contribution in [2.75, 3.05) is 17.1 Å². The fraction of sp³-hybridized carbons (Fsp3) is 0.355. The van der Waals surface area contributed by atoms with E-state index in [9.17, 15) is 18.0 Å². The first-order chi connectivity index (χ1) is 19.7. The molecule has 3 aromatic carbocycles. The summed E-state index contributed by atoms with van der Waals surface area (Å²) in [5, 5.41) is 3.69. The molecule has 226 valence electrons. The number of carbonyl (C=O) groups is 2. The Morgan fingerprint density at radius 1 is 0.976 bits per heavy atom. The molecule has 1 atom stereocenters. The van der Waals surface area contributed by atoms with E-state index in [-0.39, 0.29) is 18.1 Å². The van der Waals surface area contributed by atoms with Crippen LogP contribution in [-0.2, 0) is 32.8 Å². The first kappa shape index (κ1) is 33.2. The van der Waals surface area contributed by atoms with Crippen molar-refractivity contribution >= 4 is 50.7 Å². The minimum Gasteiger partial charge on any atom is -0.489 e. The van der Waals surface area contributed by atoms with E-state index in [4.69, 9.17) is 27.9 Å². The molecule has 0 heterocycles. The summed E-state index contributed by atoms with van der Waals surface area (Å²) in [4.78, 5) is 28.6. The molecule has 0 saturated heterocycles. The maximum Gasteiger partial charge on any atom is 0.244 e. The Balaban J connectivity index is 1.89. The van der Waals surface area contributed by atoms with E-state index in [2.05, 4.69) is 5.32 Å². The Labute approximate surface area is 258 Å². The Morgan fingerprint density at radius 2 is 1.62 bits per heavy atom. The summed E-state index contributed by atoms with van der Waals surface area (Å²) in [6.07, 6.45) is 1.33. The lowest BCUT2D eigenvalue weighted by Crippen LogP contribution is -2.55. The number of ether oxygens (including phenoxy) is 1. The average molecular weight is 635 g/mol. The van der Waals surface area contributed by atoms with Crippen molar-refractivity contribution in [2.45, 2.75) is 58.8 Å². The number of sulfonamides is 1. The largest absolute Gasteiger partial charge is 0.489 e. The van der Waals surface area contributed by atoms with E-state index in [1.165, 1.54) is 4.90 Å². The summed E-state index contributed by atoms with van der Waals surface area (Å²) in [7, 11) is -3.88. The van der Waals surface area contributed by atoms with Crippen molar-refractivity contribution < 1.29 is 22.7 Å². The summed E-state index contributed by atoms with van der Waals surface area (Å²) in [6, 6.07) is 20.1. The topological polar surface area (TPSA) is 96.0 Å². The van der Waals surface area contributed by atoms with Gasteiger partial charge in [-0.1, -0.05) is 66.5 Å². The van der Waals surface area contributed by atoms with Crippen molar-refractivity contribution in [2.24, 2.45) is 0 Å². The van der Waals surface area contributed by atoms with Crippen LogP contribution in [0.25, 0.3) is 0 Å². The number of amides is 2. The second-order valence-electron chi connectivity index (χ2n) is 11.0. The molecule has 0 aliphatic carbocycles. The van der Waals surface area contributed by atoms with Crippen LogP contribution in [0.4, 0.5) is 5.69 Å². The van der Waals surface area contributed by atoms with Crippen LogP contribution in [0.15, 0.2) is 72.8 Å². The quantitative estimate of drug-likeness (QED) is 0.261. The fourth-order valence-corrected chi connectivity index (χ4v) is 5.59. The predicted octanol–water partition coefficient (Wildman–Crippen LogP) is 6.06. The van der Waals surface area contributed by atoms with Gasteiger partial charge in [-0.05, 0) is 74.7 Å². The third kappa shape index (κ3) is 9.64. The van der Waals surface area contributed by atoms with Gasteiger partial charge in [0.1, 0.15) is 24.9 Å². The van der Waals surface area contributed by atoms with Crippen LogP contribution in [0.3, 0.4) is 0 Å². The second-order valence-corrected chi connectivity index (χ2v) is 13.7. The van der Waals surface area contributed by atoms with Gasteiger partial charge in [0, 0.05) is 22.1 Å². The Hall–Kier alpha value is -3.27. The molecule has 0 aromatic heterocycles. The third-order valence-corrected chi connectivity index (χ3v) is 8.02. The van der Waals surface area contributed by atoms with Crippen LogP contribution in [0.2, 0.25) is 10.0 Å². The maximum absolute atomic E-state index is 13.9. The molecule has 0 aliphatic heterocycles. The van der Waals surface area contributed by atoms with E-state index in [0.717, 1.165) is 16.1 Å². The van der Waals surface area contributed by atoms with Crippen LogP contribution in [0.5, 0.6) is 5.75 Å². The van der Waals surface area contributed by atoms with Gasteiger partial charge in [0.2, 0.25) is 21.8 Å². The fourth-order valence-electron chi connectivity index (χ4n) is 4.27. The molecule has 0 fully saturated rings. The lowest BCUT2D eigenvalue weighted by atomic mass is 10.1. The number of rotatable bonds is 12. The SMILES string of the molecule is CC[C@@H](C(=O)NC(C)(C)C)N(Cc1ccc(Cl)cc1Cl)C(=O)CN(c1ccc(OCc2ccccc2)cc1)S(C)(=O)=O. The van der Waals surface area contributed by atoms with Crippen molar-refractivity contribution in [3.63, 3.8) is 0 Å². The molecule has 0 radical (unpaired) electrons. The highest BCUT2D eigenvalue weighted by molar-refractivity contribution is 7.92. The average Bonchev–Trinajstić information content (AvgIpc) is 2.91. The number of carbonyl (C=O) groups excluding carboxylic acids is 2. The van der Waals surface area contributed by atoms with Gasteiger partial charge in [-0.25, -0.2) is 8.42 Å². The van der Waals surface area contributed by atoms with Gasteiger partial charge in [-0.3, -0.25) is 13.9 Å². The summed E-state index contributed by atoms with van der Waals surface area (Å²) in [6.45, 7) is 7.14. The van der Waals surface area contributed by atoms with Crippen LogP contribution >= 0.6 is 23.2 Å². The zero-order chi connectivity index (χ0) is 31.1. The van der Waals surface area contributed by atoms with Gasteiger partial charge in [-0.2, -0.15) is 0 Å². The molecule has 42 heavy (non-hydrogen) atoms. The monoisotopic (exact) mass is 633 g/mol. The number of halogens is 2. The van der Waals surface area contributed by atoms with Crippen LogP contribution in [0.1, 0.15) is 45.2 Å². The van der Waals surface area contributed by atoms with E-state index in [1.54, 1.807) is 49.4 Å². The minimum absolute atomic E-state index is 0.0191. The second kappa shape index (κ2) is 14.3. The first-order valence-corrected chi connectivity index (χ1v) is 16.1. The van der Waals surface area contributed by atoms with Crippen molar-refractivity contribution in [1.29, 1.82) is 0 Å². The van der Waals surface area contributed by atoms with Gasteiger partial charge in [0.15, 0.2) is 0 Å². The highest BCUT2D eigenvalue weighted by Crippen LogP contribution is 2.26. The molecule has 11 heteroatoms.